The van der Waals surface area contributed by atoms with Crippen LogP contribution in [0.2, 0.25) is 0 Å². The minimum Gasteiger partial charge on any atom is -0.462 e. The number of allylic oxidation sites excluding steroid dienone is 22. The summed E-state index contributed by atoms with van der Waals surface area (Å²) in [4.78, 5) is 38.4. The van der Waals surface area contributed by atoms with Gasteiger partial charge in [0, 0.05) is 19.3 Å². The molecule has 0 rings (SSSR count). The zero-order valence-electron chi connectivity index (χ0n) is 53.5. The van der Waals surface area contributed by atoms with E-state index in [0.717, 1.165) is 122 Å². The van der Waals surface area contributed by atoms with Crippen LogP contribution in [0.25, 0.3) is 0 Å². The van der Waals surface area contributed by atoms with Gasteiger partial charge in [-0.3, -0.25) is 14.4 Å². The first kappa shape index (κ1) is 77.5. The van der Waals surface area contributed by atoms with Crippen LogP contribution >= 0.6 is 0 Å². The lowest BCUT2D eigenvalue weighted by atomic mass is 10.0. The molecule has 0 N–H and O–H groups in total. The Morgan fingerprint density at radius 1 is 0.256 bits per heavy atom. The standard InChI is InChI=1S/C76H126O6/c1-4-7-10-13-16-19-22-25-28-30-32-34-35-36-37-38-39-40-41-43-44-46-48-51-54-57-60-63-66-69-75(78)81-72-73(71-80-74(77)68-65-62-59-56-53-50-27-24-21-18-15-12-9-6-3)82-76(79)70-67-64-61-58-55-52-49-47-45-42-33-31-29-26-23-20-17-14-11-8-5-2/h7-8,10-11,16-17,19-20,25-26,28-29,32-34,36-37,42,47,49,55,58,73H,4-6,9,12-15,18,21-24,27,30-31,35,38-41,43-46,48,50-54,56-57,59-72H2,1-3H3/b10-7-,11-8-,19-16-,20-17-,28-25-,29-26-,34-32-,37-36-,42-33-,49-47-,58-55-. The van der Waals surface area contributed by atoms with Crippen molar-refractivity contribution >= 4 is 17.9 Å². The molecule has 0 spiro atoms. The number of unbranched alkanes of at least 4 members (excludes halogenated alkanes) is 28. The maximum absolute atomic E-state index is 12.9. The average molecular weight is 1140 g/mol. The highest BCUT2D eigenvalue weighted by Gasteiger charge is 2.19. The van der Waals surface area contributed by atoms with Crippen LogP contribution in [0.5, 0.6) is 0 Å². The molecule has 0 fully saturated rings. The van der Waals surface area contributed by atoms with Crippen LogP contribution in [-0.4, -0.2) is 37.2 Å². The Morgan fingerprint density at radius 3 is 0.768 bits per heavy atom. The molecule has 0 amide bonds. The predicted molar refractivity (Wildman–Crippen MR) is 357 cm³/mol. The third kappa shape index (κ3) is 66.4. The van der Waals surface area contributed by atoms with Crippen molar-refractivity contribution in [2.45, 2.75) is 316 Å². The van der Waals surface area contributed by atoms with E-state index in [1.807, 2.05) is 0 Å². The van der Waals surface area contributed by atoms with Gasteiger partial charge in [-0.25, -0.2) is 0 Å². The van der Waals surface area contributed by atoms with Crippen molar-refractivity contribution in [3.63, 3.8) is 0 Å². The van der Waals surface area contributed by atoms with Crippen LogP contribution in [0.4, 0.5) is 0 Å². The summed E-state index contributed by atoms with van der Waals surface area (Å²) >= 11 is 0. The van der Waals surface area contributed by atoms with Gasteiger partial charge < -0.3 is 14.2 Å². The summed E-state index contributed by atoms with van der Waals surface area (Å²) in [5.41, 5.74) is 0. The molecular weight excluding hydrogens is 1010 g/mol. The molecule has 0 aliphatic carbocycles. The second-order valence-corrected chi connectivity index (χ2v) is 22.3. The molecule has 0 aromatic rings. The number of carbonyl (C=O) groups is 3. The van der Waals surface area contributed by atoms with Crippen molar-refractivity contribution in [1.82, 2.24) is 0 Å². The van der Waals surface area contributed by atoms with Crippen LogP contribution in [0.15, 0.2) is 134 Å². The number of hydrogen-bond acceptors (Lipinski definition) is 6. The smallest absolute Gasteiger partial charge is 0.306 e. The fourth-order valence-corrected chi connectivity index (χ4v) is 9.36. The Bertz CT molecular complexity index is 1730. The molecular formula is C76H126O6. The summed E-state index contributed by atoms with van der Waals surface area (Å²) in [6, 6.07) is 0. The fraction of sp³-hybridized carbons (Fsp3) is 0.671. The molecule has 0 heterocycles. The molecule has 0 saturated carbocycles. The third-order valence-corrected chi connectivity index (χ3v) is 14.4. The van der Waals surface area contributed by atoms with Gasteiger partial charge >= 0.3 is 17.9 Å². The molecule has 0 saturated heterocycles. The quantitative estimate of drug-likeness (QED) is 0.0261. The van der Waals surface area contributed by atoms with Gasteiger partial charge in [0.05, 0.1) is 0 Å². The highest BCUT2D eigenvalue weighted by atomic mass is 16.6. The normalized spacial score (nSPS) is 13.0. The first-order valence-electron chi connectivity index (χ1n) is 34.2. The Morgan fingerprint density at radius 2 is 0.476 bits per heavy atom. The van der Waals surface area contributed by atoms with Gasteiger partial charge in [-0.2, -0.15) is 0 Å². The molecule has 0 aliphatic rings. The maximum atomic E-state index is 12.9. The maximum Gasteiger partial charge on any atom is 0.306 e. The summed E-state index contributed by atoms with van der Waals surface area (Å²) in [5, 5.41) is 0. The van der Waals surface area contributed by atoms with Crippen LogP contribution in [-0.2, 0) is 28.6 Å². The van der Waals surface area contributed by atoms with E-state index in [2.05, 4.69) is 154 Å². The molecule has 6 nitrogen and oxygen atoms in total. The lowest BCUT2D eigenvalue weighted by Gasteiger charge is -2.18. The van der Waals surface area contributed by atoms with Gasteiger partial charge in [-0.1, -0.05) is 309 Å². The van der Waals surface area contributed by atoms with Crippen molar-refractivity contribution in [3.05, 3.63) is 134 Å². The van der Waals surface area contributed by atoms with Crippen LogP contribution in [0.3, 0.4) is 0 Å². The number of rotatable bonds is 61. The predicted octanol–water partition coefficient (Wildman–Crippen LogP) is 23.7. The largest absolute Gasteiger partial charge is 0.462 e. The van der Waals surface area contributed by atoms with E-state index in [1.54, 1.807) is 0 Å². The topological polar surface area (TPSA) is 78.9 Å². The molecule has 1 atom stereocenters. The van der Waals surface area contributed by atoms with Crippen LogP contribution in [0.1, 0.15) is 310 Å². The molecule has 1 unspecified atom stereocenters. The Kier molecular flexibility index (Phi) is 65.3. The fourth-order valence-electron chi connectivity index (χ4n) is 9.36. The minimum atomic E-state index is -0.805. The summed E-state index contributed by atoms with van der Waals surface area (Å²) in [5.74, 6) is -0.932. The van der Waals surface area contributed by atoms with E-state index in [0.29, 0.717) is 19.3 Å². The van der Waals surface area contributed by atoms with Gasteiger partial charge in [0.15, 0.2) is 6.10 Å². The lowest BCUT2D eigenvalue weighted by molar-refractivity contribution is -0.167. The first-order valence-corrected chi connectivity index (χ1v) is 34.2. The number of esters is 3. The average Bonchev–Trinajstić information content (AvgIpc) is 3.47. The Balaban J connectivity index is 4.36. The van der Waals surface area contributed by atoms with Gasteiger partial charge in [0.25, 0.3) is 0 Å². The lowest BCUT2D eigenvalue weighted by Crippen LogP contribution is -2.30. The molecule has 0 bridgehead atoms. The van der Waals surface area contributed by atoms with Gasteiger partial charge in [0.1, 0.15) is 13.2 Å². The van der Waals surface area contributed by atoms with Gasteiger partial charge in [0.2, 0.25) is 0 Å². The van der Waals surface area contributed by atoms with E-state index >= 15 is 0 Å². The second-order valence-electron chi connectivity index (χ2n) is 22.3. The summed E-state index contributed by atoms with van der Waals surface area (Å²) in [6.45, 7) is 6.40. The number of hydrogen-bond donors (Lipinski definition) is 0. The van der Waals surface area contributed by atoms with E-state index in [4.69, 9.17) is 14.2 Å². The zero-order chi connectivity index (χ0) is 59.2. The van der Waals surface area contributed by atoms with E-state index in [-0.39, 0.29) is 37.5 Å². The molecule has 0 aromatic carbocycles. The zero-order valence-corrected chi connectivity index (χ0v) is 53.5. The molecule has 0 aromatic heterocycles. The van der Waals surface area contributed by atoms with Gasteiger partial charge in [-0.05, 0) is 116 Å². The van der Waals surface area contributed by atoms with Crippen molar-refractivity contribution < 1.29 is 28.6 Å². The van der Waals surface area contributed by atoms with E-state index in [9.17, 15) is 14.4 Å². The SMILES string of the molecule is CC/C=C\C/C=C\C/C=C\C/C=C\C/C=C\C/C=C\CCCCC(=O)OC(COC(=O)CCCCCCCCCCCCCCCC)COC(=O)CCCCCCCCCCCCCCC/C=C\C/C=C\C/C=C\C/C=C\C/C=C\CC. The molecule has 0 radical (unpaired) electrons. The van der Waals surface area contributed by atoms with Crippen LogP contribution in [0, 0.1) is 0 Å². The first-order chi connectivity index (χ1) is 40.5. The van der Waals surface area contributed by atoms with Gasteiger partial charge in [-0.15, -0.1) is 0 Å². The van der Waals surface area contributed by atoms with Crippen molar-refractivity contribution in [2.24, 2.45) is 0 Å². The Labute approximate surface area is 506 Å². The van der Waals surface area contributed by atoms with Crippen LogP contribution < -0.4 is 0 Å². The second kappa shape index (κ2) is 69.0. The van der Waals surface area contributed by atoms with Crippen molar-refractivity contribution in [3.8, 4) is 0 Å². The van der Waals surface area contributed by atoms with Crippen molar-refractivity contribution in [1.29, 1.82) is 0 Å². The molecule has 82 heavy (non-hydrogen) atoms. The Hall–Kier alpha value is -4.45. The molecule has 466 valence electrons. The summed E-state index contributed by atoms with van der Waals surface area (Å²) < 4.78 is 16.9. The number of carbonyl (C=O) groups excluding carboxylic acids is 3. The summed E-state index contributed by atoms with van der Waals surface area (Å²) in [6.07, 6.45) is 97.5. The summed E-state index contributed by atoms with van der Waals surface area (Å²) in [7, 11) is 0. The van der Waals surface area contributed by atoms with E-state index in [1.165, 1.54) is 141 Å². The number of ether oxygens (including phenoxy) is 3. The monoisotopic (exact) mass is 1130 g/mol. The highest BCUT2D eigenvalue weighted by Crippen LogP contribution is 2.16. The van der Waals surface area contributed by atoms with Crippen molar-refractivity contribution in [2.75, 3.05) is 13.2 Å². The highest BCUT2D eigenvalue weighted by molar-refractivity contribution is 5.71. The minimum absolute atomic E-state index is 0.0958. The third-order valence-electron chi connectivity index (χ3n) is 14.4. The molecule has 0 aliphatic heterocycles. The molecule has 6 heteroatoms. The van der Waals surface area contributed by atoms with E-state index < -0.39 is 6.10 Å².